The van der Waals surface area contributed by atoms with E-state index >= 15 is 0 Å². The van der Waals surface area contributed by atoms with Crippen LogP contribution in [-0.2, 0) is 10.2 Å². The molecular weight excluding hydrogens is 292 g/mol. The number of aromatic nitrogens is 1. The molecule has 0 aliphatic carbocycles. The molecule has 1 N–H and O–H groups in total. The molecule has 0 unspecified atom stereocenters. The number of pyridine rings is 1. The van der Waals surface area contributed by atoms with Crippen molar-refractivity contribution in [3.05, 3.63) is 28.5 Å². The van der Waals surface area contributed by atoms with Crippen molar-refractivity contribution in [2.75, 3.05) is 13.1 Å². The zero-order valence-electron chi connectivity index (χ0n) is 12.8. The SMILES string of the molecule is CCN(CCC(=O)O)C(=O)c1cc(Cl)nc(C(C)(C)C)c1. The molecule has 1 amide bonds. The number of hydrogen-bond acceptors (Lipinski definition) is 3. The first-order chi connectivity index (χ1) is 9.65. The third-order valence-electron chi connectivity index (χ3n) is 3.07. The normalized spacial score (nSPS) is 11.3. The number of nitrogens with zero attached hydrogens (tertiary/aromatic N) is 2. The Morgan fingerprint density at radius 2 is 1.95 bits per heavy atom. The van der Waals surface area contributed by atoms with Gasteiger partial charge in [-0.15, -0.1) is 0 Å². The second kappa shape index (κ2) is 6.89. The molecule has 0 aliphatic heterocycles. The van der Waals surface area contributed by atoms with Crippen LogP contribution in [0, 0.1) is 0 Å². The number of carbonyl (C=O) groups excluding carboxylic acids is 1. The van der Waals surface area contributed by atoms with E-state index < -0.39 is 5.97 Å². The highest BCUT2D eigenvalue weighted by molar-refractivity contribution is 6.29. The molecule has 0 saturated carbocycles. The predicted octanol–water partition coefficient (Wildman–Crippen LogP) is 2.97. The number of amides is 1. The van der Waals surface area contributed by atoms with Gasteiger partial charge in [0.2, 0.25) is 0 Å². The number of carboxylic acid groups (broad SMARTS) is 1. The topological polar surface area (TPSA) is 70.5 Å². The van der Waals surface area contributed by atoms with Crippen LogP contribution in [0.1, 0.15) is 50.2 Å². The number of rotatable bonds is 5. The van der Waals surface area contributed by atoms with E-state index in [1.54, 1.807) is 6.07 Å². The summed E-state index contributed by atoms with van der Waals surface area (Å²) in [6.45, 7) is 8.39. The molecular formula is C15H21ClN2O3. The van der Waals surface area contributed by atoms with Gasteiger partial charge in [0.15, 0.2) is 0 Å². The lowest BCUT2D eigenvalue weighted by atomic mass is 9.91. The summed E-state index contributed by atoms with van der Waals surface area (Å²) in [4.78, 5) is 28.9. The van der Waals surface area contributed by atoms with Gasteiger partial charge in [-0.25, -0.2) is 4.98 Å². The van der Waals surface area contributed by atoms with Crippen LogP contribution in [0.3, 0.4) is 0 Å². The minimum absolute atomic E-state index is 0.0788. The molecule has 0 saturated heterocycles. The molecule has 6 heteroatoms. The molecule has 1 rings (SSSR count). The van der Waals surface area contributed by atoms with Crippen molar-refractivity contribution in [2.24, 2.45) is 0 Å². The summed E-state index contributed by atoms with van der Waals surface area (Å²) in [6.07, 6.45) is -0.0788. The molecule has 0 fully saturated rings. The van der Waals surface area contributed by atoms with E-state index in [0.717, 1.165) is 5.69 Å². The van der Waals surface area contributed by atoms with Gasteiger partial charge in [0.1, 0.15) is 5.15 Å². The summed E-state index contributed by atoms with van der Waals surface area (Å²) in [5, 5.41) is 9.00. The second-order valence-electron chi connectivity index (χ2n) is 5.84. The molecule has 1 aromatic rings. The van der Waals surface area contributed by atoms with E-state index in [9.17, 15) is 9.59 Å². The fourth-order valence-electron chi connectivity index (χ4n) is 1.82. The first kappa shape index (κ1) is 17.4. The lowest BCUT2D eigenvalue weighted by Crippen LogP contribution is -2.33. The maximum atomic E-state index is 12.5. The lowest BCUT2D eigenvalue weighted by molar-refractivity contribution is -0.137. The van der Waals surface area contributed by atoms with Crippen LogP contribution in [0.5, 0.6) is 0 Å². The largest absolute Gasteiger partial charge is 0.481 e. The van der Waals surface area contributed by atoms with Gasteiger partial charge in [-0.1, -0.05) is 32.4 Å². The van der Waals surface area contributed by atoms with Crippen molar-refractivity contribution in [1.82, 2.24) is 9.88 Å². The van der Waals surface area contributed by atoms with Crippen LogP contribution in [0.15, 0.2) is 12.1 Å². The zero-order valence-corrected chi connectivity index (χ0v) is 13.6. The van der Waals surface area contributed by atoms with Gasteiger partial charge in [-0.05, 0) is 19.1 Å². The van der Waals surface area contributed by atoms with Crippen molar-refractivity contribution in [2.45, 2.75) is 39.5 Å². The van der Waals surface area contributed by atoms with E-state index in [1.165, 1.54) is 11.0 Å². The molecule has 5 nitrogen and oxygen atoms in total. The number of halogens is 1. The smallest absolute Gasteiger partial charge is 0.305 e. The van der Waals surface area contributed by atoms with Crippen molar-refractivity contribution < 1.29 is 14.7 Å². The van der Waals surface area contributed by atoms with Crippen molar-refractivity contribution in [3.8, 4) is 0 Å². The van der Waals surface area contributed by atoms with Crippen molar-refractivity contribution in [3.63, 3.8) is 0 Å². The maximum absolute atomic E-state index is 12.5. The predicted molar refractivity (Wildman–Crippen MR) is 81.8 cm³/mol. The molecule has 1 heterocycles. The average molecular weight is 313 g/mol. The second-order valence-corrected chi connectivity index (χ2v) is 6.23. The quantitative estimate of drug-likeness (QED) is 0.849. The fourth-order valence-corrected chi connectivity index (χ4v) is 2.03. The number of hydrogen-bond donors (Lipinski definition) is 1. The minimum Gasteiger partial charge on any atom is -0.481 e. The van der Waals surface area contributed by atoms with Crippen LogP contribution < -0.4 is 0 Å². The Balaban J connectivity index is 3.05. The van der Waals surface area contributed by atoms with Crippen LogP contribution in [-0.4, -0.2) is 40.0 Å². The van der Waals surface area contributed by atoms with E-state index in [2.05, 4.69) is 4.98 Å². The lowest BCUT2D eigenvalue weighted by Gasteiger charge is -2.22. The third kappa shape index (κ3) is 5.01. The van der Waals surface area contributed by atoms with Gasteiger partial charge in [0.05, 0.1) is 6.42 Å². The summed E-state index contributed by atoms with van der Waals surface area (Å²) in [5.41, 5.74) is 0.942. The fraction of sp³-hybridized carbons (Fsp3) is 0.533. The summed E-state index contributed by atoms with van der Waals surface area (Å²) < 4.78 is 0. The van der Waals surface area contributed by atoms with Crippen LogP contribution in [0.25, 0.3) is 0 Å². The van der Waals surface area contributed by atoms with Gasteiger partial charge < -0.3 is 10.0 Å². The highest BCUT2D eigenvalue weighted by atomic mass is 35.5. The number of aliphatic carboxylic acids is 1. The zero-order chi connectivity index (χ0) is 16.2. The molecule has 0 atom stereocenters. The van der Waals surface area contributed by atoms with Crippen LogP contribution in [0.2, 0.25) is 5.15 Å². The van der Waals surface area contributed by atoms with Crippen molar-refractivity contribution >= 4 is 23.5 Å². The molecule has 116 valence electrons. The Morgan fingerprint density at radius 1 is 1.33 bits per heavy atom. The Morgan fingerprint density at radius 3 is 2.43 bits per heavy atom. The molecule has 0 aliphatic rings. The van der Waals surface area contributed by atoms with Gasteiger partial charge in [0.25, 0.3) is 5.91 Å². The third-order valence-corrected chi connectivity index (χ3v) is 3.27. The summed E-state index contributed by atoms with van der Waals surface area (Å²) in [5.74, 6) is -1.15. The van der Waals surface area contributed by atoms with E-state index in [4.69, 9.17) is 16.7 Å². The van der Waals surface area contributed by atoms with E-state index in [0.29, 0.717) is 12.1 Å². The standard InChI is InChI=1S/C15H21ClN2O3/c1-5-18(7-6-13(19)20)14(21)10-8-11(15(2,3)4)17-12(16)9-10/h8-9H,5-7H2,1-4H3,(H,19,20). The Bertz CT molecular complexity index is 538. The highest BCUT2D eigenvalue weighted by Crippen LogP contribution is 2.24. The molecule has 1 aromatic heterocycles. The molecule has 0 radical (unpaired) electrons. The van der Waals surface area contributed by atoms with E-state index in [-0.39, 0.29) is 29.4 Å². The maximum Gasteiger partial charge on any atom is 0.305 e. The van der Waals surface area contributed by atoms with Gasteiger partial charge >= 0.3 is 5.97 Å². The van der Waals surface area contributed by atoms with Gasteiger partial charge in [-0.2, -0.15) is 0 Å². The molecule has 0 spiro atoms. The Kier molecular flexibility index (Phi) is 5.72. The van der Waals surface area contributed by atoms with E-state index in [1.807, 2.05) is 27.7 Å². The van der Waals surface area contributed by atoms with Gasteiger partial charge in [0, 0.05) is 29.8 Å². The Hall–Kier alpha value is -1.62. The van der Waals surface area contributed by atoms with Crippen LogP contribution >= 0.6 is 11.6 Å². The number of carboxylic acids is 1. The summed E-state index contributed by atoms with van der Waals surface area (Å²) in [6, 6.07) is 3.24. The number of carbonyl (C=O) groups is 2. The first-order valence-electron chi connectivity index (χ1n) is 6.84. The molecule has 21 heavy (non-hydrogen) atoms. The molecule has 0 aromatic carbocycles. The highest BCUT2D eigenvalue weighted by Gasteiger charge is 2.21. The van der Waals surface area contributed by atoms with Crippen LogP contribution in [0.4, 0.5) is 0 Å². The first-order valence-corrected chi connectivity index (χ1v) is 7.22. The summed E-state index contributed by atoms with van der Waals surface area (Å²) in [7, 11) is 0. The minimum atomic E-state index is -0.926. The van der Waals surface area contributed by atoms with Crippen molar-refractivity contribution in [1.29, 1.82) is 0 Å². The molecule has 0 bridgehead atoms. The Labute approximate surface area is 129 Å². The summed E-state index contributed by atoms with van der Waals surface area (Å²) >= 11 is 6.00. The monoisotopic (exact) mass is 312 g/mol. The van der Waals surface area contributed by atoms with Gasteiger partial charge in [-0.3, -0.25) is 9.59 Å². The average Bonchev–Trinajstić information content (AvgIpc) is 2.37.